The number of nitrogens with zero attached hydrogens (tertiary/aromatic N) is 1. The van der Waals surface area contributed by atoms with Crippen molar-refractivity contribution in [2.24, 2.45) is 0 Å². The maximum absolute atomic E-state index is 11.4. The Morgan fingerprint density at radius 1 is 1.56 bits per heavy atom. The molecule has 0 bridgehead atoms. The Morgan fingerprint density at radius 3 is 2.81 bits per heavy atom. The van der Waals surface area contributed by atoms with Crippen LogP contribution in [0.1, 0.15) is 19.8 Å². The summed E-state index contributed by atoms with van der Waals surface area (Å²) in [6.45, 7) is 3.86. The van der Waals surface area contributed by atoms with Gasteiger partial charge in [-0.3, -0.25) is 0 Å². The number of rotatable bonds is 3. The monoisotopic (exact) mass is 265 g/mol. The third-order valence-electron chi connectivity index (χ3n) is 2.53. The van der Waals surface area contributed by atoms with E-state index in [0.29, 0.717) is 18.2 Å². The highest BCUT2D eigenvalue weighted by Gasteiger charge is 2.25. The van der Waals surface area contributed by atoms with Crippen molar-refractivity contribution in [3.63, 3.8) is 0 Å². The largest absolute Gasteiger partial charge is 0.363 e. The summed E-state index contributed by atoms with van der Waals surface area (Å²) in [6.07, 6.45) is 3.08. The van der Waals surface area contributed by atoms with E-state index in [1.54, 1.807) is 0 Å². The summed E-state index contributed by atoms with van der Waals surface area (Å²) in [5.41, 5.74) is 0. The van der Waals surface area contributed by atoms with Crippen LogP contribution in [0, 0.1) is 0 Å². The first-order chi connectivity index (χ1) is 7.43. The Hall–Kier alpha value is -0.400. The summed E-state index contributed by atoms with van der Waals surface area (Å²) in [4.78, 5) is 0. The number of thiocarbonyl (C=S) groups is 1. The molecule has 1 rings (SSSR count). The van der Waals surface area contributed by atoms with Gasteiger partial charge >= 0.3 is 0 Å². The van der Waals surface area contributed by atoms with Gasteiger partial charge in [0.15, 0.2) is 5.11 Å². The highest BCUT2D eigenvalue weighted by Crippen LogP contribution is 2.12. The zero-order valence-corrected chi connectivity index (χ0v) is 11.3. The lowest BCUT2D eigenvalue weighted by Gasteiger charge is -2.32. The summed E-state index contributed by atoms with van der Waals surface area (Å²) in [5.74, 6) is 0. The maximum atomic E-state index is 11.4. The molecule has 1 aliphatic heterocycles. The van der Waals surface area contributed by atoms with E-state index in [1.165, 1.54) is 10.6 Å². The molecule has 0 aliphatic carbocycles. The second-order valence-corrected chi connectivity index (χ2v) is 6.35. The van der Waals surface area contributed by atoms with Gasteiger partial charge in [-0.2, -0.15) is 0 Å². The van der Waals surface area contributed by atoms with Gasteiger partial charge in [0.1, 0.15) is 0 Å². The van der Waals surface area contributed by atoms with Crippen LogP contribution >= 0.6 is 12.2 Å². The zero-order chi connectivity index (χ0) is 12.2. The van der Waals surface area contributed by atoms with Crippen LogP contribution in [-0.2, 0) is 10.0 Å². The minimum atomic E-state index is -3.08. The second kappa shape index (κ2) is 5.79. The minimum Gasteiger partial charge on any atom is -0.363 e. The molecule has 94 valence electrons. The summed E-state index contributed by atoms with van der Waals surface area (Å²) < 4.78 is 24.3. The lowest BCUT2D eigenvalue weighted by atomic mass is 10.1. The van der Waals surface area contributed by atoms with Crippen LogP contribution in [0.3, 0.4) is 0 Å². The van der Waals surface area contributed by atoms with Gasteiger partial charge in [0.25, 0.3) is 0 Å². The van der Waals surface area contributed by atoms with Gasteiger partial charge < -0.3 is 10.6 Å². The van der Waals surface area contributed by atoms with Gasteiger partial charge in [-0.1, -0.05) is 0 Å². The SMILES string of the molecule is CCNC(=S)NC1CCCN(S(C)(=O)=O)C1. The molecule has 1 heterocycles. The van der Waals surface area contributed by atoms with E-state index < -0.39 is 10.0 Å². The van der Waals surface area contributed by atoms with E-state index in [9.17, 15) is 8.42 Å². The molecule has 0 radical (unpaired) electrons. The van der Waals surface area contributed by atoms with Gasteiger partial charge in [0, 0.05) is 25.7 Å². The van der Waals surface area contributed by atoms with E-state index in [1.807, 2.05) is 6.92 Å². The van der Waals surface area contributed by atoms with Crippen molar-refractivity contribution in [1.29, 1.82) is 0 Å². The fourth-order valence-corrected chi connectivity index (χ4v) is 2.98. The predicted molar refractivity (Wildman–Crippen MR) is 68.8 cm³/mol. The first-order valence-corrected chi connectivity index (χ1v) is 7.68. The lowest BCUT2D eigenvalue weighted by Crippen LogP contribution is -2.51. The van der Waals surface area contributed by atoms with Crippen LogP contribution in [0.25, 0.3) is 0 Å². The number of hydrogen-bond acceptors (Lipinski definition) is 3. The van der Waals surface area contributed by atoms with Crippen molar-refractivity contribution in [3.05, 3.63) is 0 Å². The van der Waals surface area contributed by atoms with Crippen molar-refractivity contribution in [3.8, 4) is 0 Å². The molecular weight excluding hydrogens is 246 g/mol. The normalized spacial score (nSPS) is 22.8. The van der Waals surface area contributed by atoms with E-state index in [0.717, 1.165) is 19.4 Å². The molecule has 0 amide bonds. The van der Waals surface area contributed by atoms with Gasteiger partial charge in [-0.05, 0) is 32.0 Å². The quantitative estimate of drug-likeness (QED) is 0.698. The Bertz CT molecular complexity index is 343. The Labute approximate surface area is 103 Å². The maximum Gasteiger partial charge on any atom is 0.211 e. The summed E-state index contributed by atoms with van der Waals surface area (Å²) in [5, 5.41) is 6.73. The summed E-state index contributed by atoms with van der Waals surface area (Å²) >= 11 is 5.08. The molecule has 0 aromatic carbocycles. The molecule has 2 N–H and O–H groups in total. The van der Waals surface area contributed by atoms with Gasteiger partial charge in [0.2, 0.25) is 10.0 Å². The fraction of sp³-hybridized carbons (Fsp3) is 0.889. The molecule has 1 aliphatic rings. The van der Waals surface area contributed by atoms with Crippen LogP contribution in [0.2, 0.25) is 0 Å². The number of piperidine rings is 1. The van der Waals surface area contributed by atoms with Crippen LogP contribution in [0.15, 0.2) is 0 Å². The Morgan fingerprint density at radius 2 is 2.25 bits per heavy atom. The molecule has 5 nitrogen and oxygen atoms in total. The van der Waals surface area contributed by atoms with Crippen molar-refractivity contribution in [2.45, 2.75) is 25.8 Å². The molecule has 1 saturated heterocycles. The Balaban J connectivity index is 2.48. The highest BCUT2D eigenvalue weighted by atomic mass is 32.2. The molecule has 1 unspecified atom stereocenters. The second-order valence-electron chi connectivity index (χ2n) is 3.96. The van der Waals surface area contributed by atoms with Gasteiger partial charge in [-0.25, -0.2) is 12.7 Å². The molecule has 1 atom stereocenters. The van der Waals surface area contributed by atoms with E-state index in [-0.39, 0.29) is 6.04 Å². The molecule has 0 aromatic heterocycles. The topological polar surface area (TPSA) is 61.4 Å². The molecule has 0 saturated carbocycles. The minimum absolute atomic E-state index is 0.120. The number of nitrogens with one attached hydrogen (secondary N) is 2. The summed E-state index contributed by atoms with van der Waals surface area (Å²) in [7, 11) is -3.08. The highest BCUT2D eigenvalue weighted by molar-refractivity contribution is 7.88. The molecule has 0 spiro atoms. The number of sulfonamides is 1. The van der Waals surface area contributed by atoms with Crippen molar-refractivity contribution in [2.75, 3.05) is 25.9 Å². The van der Waals surface area contributed by atoms with Gasteiger partial charge in [-0.15, -0.1) is 0 Å². The molecule has 0 aromatic rings. The third-order valence-corrected chi connectivity index (χ3v) is 4.06. The average molecular weight is 265 g/mol. The van der Waals surface area contributed by atoms with Crippen LogP contribution < -0.4 is 10.6 Å². The molecular formula is C9H19N3O2S2. The zero-order valence-electron chi connectivity index (χ0n) is 9.69. The molecule has 7 heteroatoms. The van der Waals surface area contributed by atoms with Crippen molar-refractivity contribution >= 4 is 27.4 Å². The predicted octanol–water partition coefficient (Wildman–Crippen LogP) is -0.106. The van der Waals surface area contributed by atoms with Crippen LogP contribution in [0.4, 0.5) is 0 Å². The molecule has 1 fully saturated rings. The first-order valence-electron chi connectivity index (χ1n) is 5.43. The number of hydrogen-bond donors (Lipinski definition) is 2. The van der Waals surface area contributed by atoms with Crippen molar-refractivity contribution in [1.82, 2.24) is 14.9 Å². The van der Waals surface area contributed by atoms with Gasteiger partial charge in [0.05, 0.1) is 6.26 Å². The van der Waals surface area contributed by atoms with E-state index in [2.05, 4.69) is 10.6 Å². The standard InChI is InChI=1S/C9H19N3O2S2/c1-3-10-9(15)11-8-5-4-6-12(7-8)16(2,13)14/h8H,3-7H2,1-2H3,(H2,10,11,15). The first kappa shape index (κ1) is 13.7. The molecule has 16 heavy (non-hydrogen) atoms. The third kappa shape index (κ3) is 4.23. The fourth-order valence-electron chi connectivity index (χ4n) is 1.76. The van der Waals surface area contributed by atoms with Crippen LogP contribution in [-0.4, -0.2) is 49.8 Å². The van der Waals surface area contributed by atoms with Crippen molar-refractivity contribution < 1.29 is 8.42 Å². The summed E-state index contributed by atoms with van der Waals surface area (Å²) in [6, 6.07) is 0.120. The average Bonchev–Trinajstić information content (AvgIpc) is 2.17. The smallest absolute Gasteiger partial charge is 0.211 e. The van der Waals surface area contributed by atoms with E-state index in [4.69, 9.17) is 12.2 Å². The van der Waals surface area contributed by atoms with Crippen LogP contribution in [0.5, 0.6) is 0 Å². The van der Waals surface area contributed by atoms with E-state index >= 15 is 0 Å². The Kier molecular flexibility index (Phi) is 4.94. The lowest BCUT2D eigenvalue weighted by molar-refractivity contribution is 0.303.